The summed E-state index contributed by atoms with van der Waals surface area (Å²) in [4.78, 5) is 33.9. The van der Waals surface area contributed by atoms with E-state index in [1.165, 1.54) is 0 Å². The molecule has 0 aliphatic carbocycles. The van der Waals surface area contributed by atoms with Crippen LogP contribution in [0.4, 0.5) is 0 Å². The second kappa shape index (κ2) is 22.4. The number of benzene rings is 4. The van der Waals surface area contributed by atoms with E-state index in [4.69, 9.17) is 38.4 Å². The topological polar surface area (TPSA) is 166 Å². The average molecular weight is 971 g/mol. The van der Waals surface area contributed by atoms with Crippen molar-refractivity contribution < 1.29 is 48.2 Å². The Hall–Kier alpha value is -7.94. The number of aromatic nitrogens is 4. The van der Waals surface area contributed by atoms with Crippen LogP contribution in [0.25, 0.3) is 78.9 Å². The number of ether oxygens (including phenoxy) is 6. The zero-order valence-electron chi connectivity index (χ0n) is 40.9. The summed E-state index contributed by atoms with van der Waals surface area (Å²) in [7, 11) is 0. The SMILES string of the molecule is CCOc1ccc(OCCC(CC(=O)O)OCC)c(-n2c3ccc2cc2nc(cc4ccc(cc5nc(c3)C=C5)n4-c3cc(OCC)ccc3OCCC(CC(=O)O)OCC)-c3c-2ccc2ccccc32)c1. The normalized spacial score (nSPS) is 12.6. The van der Waals surface area contributed by atoms with E-state index in [1.54, 1.807) is 0 Å². The lowest BCUT2D eigenvalue weighted by molar-refractivity contribution is -0.141. The summed E-state index contributed by atoms with van der Waals surface area (Å²) >= 11 is 0. The fourth-order valence-corrected chi connectivity index (χ4v) is 9.36. The lowest BCUT2D eigenvalue weighted by Crippen LogP contribution is -2.20. The van der Waals surface area contributed by atoms with Crippen molar-refractivity contribution in [2.24, 2.45) is 0 Å². The number of carboxylic acids is 2. The van der Waals surface area contributed by atoms with Gasteiger partial charge >= 0.3 is 11.9 Å². The predicted molar refractivity (Wildman–Crippen MR) is 280 cm³/mol. The third kappa shape index (κ3) is 11.0. The Kier molecular flexibility index (Phi) is 15.3. The van der Waals surface area contributed by atoms with Crippen LogP contribution in [0.5, 0.6) is 23.0 Å². The van der Waals surface area contributed by atoms with Gasteiger partial charge in [-0.2, -0.15) is 0 Å². The molecule has 2 aliphatic rings. The Bertz CT molecular complexity index is 3320. The first-order valence-corrected chi connectivity index (χ1v) is 24.5. The van der Waals surface area contributed by atoms with Crippen LogP contribution < -0.4 is 18.9 Å². The van der Waals surface area contributed by atoms with Crippen LogP contribution >= 0.6 is 0 Å². The van der Waals surface area contributed by atoms with Gasteiger partial charge in [0.25, 0.3) is 0 Å². The standard InChI is InChI=1S/C58H58N4O10/c1-5-67-44-20-23-54(71-27-25-46(69-7-3)35-56(63)64)52(33-44)61-40-16-18-42(61)31-50-49-22-13-37-11-9-10-12-48(37)58(49)51(60-50)32-43-19-17-41(30-39-15-14-38(29-40)59-39)62(43)53-34-45(68-6-2)21-24-55(53)72-28-26-47(70-8-4)36-57(65)66/h9-24,29-34,46-47H,5-8,25-28,35-36H2,1-4H3,(H,63,64)(H,65,66). The van der Waals surface area contributed by atoms with Crippen LogP contribution in [0, 0.1) is 0 Å². The maximum atomic E-state index is 11.7. The molecule has 5 heterocycles. The van der Waals surface area contributed by atoms with E-state index in [1.807, 2.05) is 107 Å². The molecule has 72 heavy (non-hydrogen) atoms. The third-order valence-electron chi connectivity index (χ3n) is 12.4. The van der Waals surface area contributed by atoms with Gasteiger partial charge in [0.1, 0.15) is 23.0 Å². The summed E-state index contributed by atoms with van der Waals surface area (Å²) in [6, 6.07) is 40.5. The number of carbonyl (C=O) groups is 2. The van der Waals surface area contributed by atoms with Gasteiger partial charge in [-0.25, -0.2) is 9.97 Å². The molecule has 2 aliphatic heterocycles. The van der Waals surface area contributed by atoms with Gasteiger partial charge in [-0.15, -0.1) is 0 Å². The molecule has 0 spiro atoms. The number of carboxylic acid groups (broad SMARTS) is 2. The smallest absolute Gasteiger partial charge is 0.305 e. The molecule has 370 valence electrons. The second-order valence-corrected chi connectivity index (χ2v) is 17.3. The largest absolute Gasteiger partial charge is 0.494 e. The molecule has 0 saturated carbocycles. The van der Waals surface area contributed by atoms with Gasteiger partial charge in [0.05, 0.1) is 85.6 Å². The Balaban J connectivity index is 1.27. The molecule has 2 unspecified atom stereocenters. The highest BCUT2D eigenvalue weighted by molar-refractivity contribution is 6.05. The number of hydrogen-bond acceptors (Lipinski definition) is 10. The van der Waals surface area contributed by atoms with Crippen molar-refractivity contribution in [1.29, 1.82) is 0 Å². The van der Waals surface area contributed by atoms with Crippen molar-refractivity contribution in [1.82, 2.24) is 19.1 Å². The molecule has 14 nitrogen and oxygen atoms in total. The minimum absolute atomic E-state index is 0.124. The summed E-state index contributed by atoms with van der Waals surface area (Å²) < 4.78 is 41.0. The van der Waals surface area contributed by atoms with Gasteiger partial charge in [-0.1, -0.05) is 36.4 Å². The molecule has 3 aromatic heterocycles. The maximum absolute atomic E-state index is 11.7. The molecule has 9 rings (SSSR count). The molecule has 2 atom stereocenters. The van der Waals surface area contributed by atoms with Gasteiger partial charge in [0, 0.05) is 71.4 Å². The summed E-state index contributed by atoms with van der Waals surface area (Å²) in [5, 5.41) is 21.2. The highest BCUT2D eigenvalue weighted by Gasteiger charge is 2.23. The van der Waals surface area contributed by atoms with Gasteiger partial charge in [-0.3, -0.25) is 9.59 Å². The van der Waals surface area contributed by atoms with Crippen LogP contribution in [0.2, 0.25) is 0 Å². The Labute approximate surface area is 417 Å². The van der Waals surface area contributed by atoms with E-state index < -0.39 is 24.1 Å². The quantitative estimate of drug-likeness (QED) is 0.0661. The Morgan fingerprint density at radius 2 is 1.03 bits per heavy atom. The van der Waals surface area contributed by atoms with Gasteiger partial charge in [-0.05, 0) is 123 Å². The molecule has 2 N–H and O–H groups in total. The number of rotatable bonds is 22. The first kappa shape index (κ1) is 49.1. The summed E-state index contributed by atoms with van der Waals surface area (Å²) in [6.07, 6.45) is 3.47. The van der Waals surface area contributed by atoms with Gasteiger partial charge < -0.3 is 47.8 Å². The molecule has 14 heteroatoms. The van der Waals surface area contributed by atoms with Crippen molar-refractivity contribution in [3.8, 4) is 56.9 Å². The van der Waals surface area contributed by atoms with Crippen LogP contribution in [-0.2, 0) is 19.1 Å². The molecule has 7 aromatic rings. The van der Waals surface area contributed by atoms with E-state index in [2.05, 4.69) is 63.7 Å². The second-order valence-electron chi connectivity index (χ2n) is 17.3. The summed E-state index contributed by atoms with van der Waals surface area (Å²) in [6.45, 7) is 9.73. The van der Waals surface area contributed by atoms with Gasteiger partial charge in [0.15, 0.2) is 0 Å². The fraction of sp³-hybridized carbons (Fsp3) is 0.276. The maximum Gasteiger partial charge on any atom is 0.305 e. The summed E-state index contributed by atoms with van der Waals surface area (Å²) in [5.74, 6) is 0.605. The number of aliphatic carboxylic acids is 2. The van der Waals surface area contributed by atoms with E-state index in [-0.39, 0.29) is 26.1 Å². The van der Waals surface area contributed by atoms with Crippen LogP contribution in [0.15, 0.2) is 121 Å². The van der Waals surface area contributed by atoms with Gasteiger partial charge in [0.2, 0.25) is 0 Å². The van der Waals surface area contributed by atoms with E-state index >= 15 is 0 Å². The lowest BCUT2D eigenvalue weighted by Gasteiger charge is -2.18. The Morgan fingerprint density at radius 3 is 1.53 bits per heavy atom. The molecule has 0 amide bonds. The van der Waals surface area contributed by atoms with E-state index in [0.717, 1.165) is 66.7 Å². The molecular formula is C58H58N4O10. The van der Waals surface area contributed by atoms with Crippen LogP contribution in [-0.4, -0.2) is 93.1 Å². The number of nitrogens with zero attached hydrogens (tertiary/aromatic N) is 4. The molecule has 0 saturated heterocycles. The third-order valence-corrected chi connectivity index (χ3v) is 12.4. The van der Waals surface area contributed by atoms with E-state index in [0.29, 0.717) is 73.6 Å². The van der Waals surface area contributed by atoms with Crippen molar-refractivity contribution in [2.75, 3.05) is 39.6 Å². The highest BCUT2D eigenvalue weighted by Crippen LogP contribution is 2.43. The molecule has 0 radical (unpaired) electrons. The zero-order valence-corrected chi connectivity index (χ0v) is 40.9. The molecule has 8 bridgehead atoms. The van der Waals surface area contributed by atoms with Crippen molar-refractivity contribution >= 4 is 56.9 Å². The van der Waals surface area contributed by atoms with Crippen molar-refractivity contribution in [3.05, 3.63) is 133 Å². The fourth-order valence-electron chi connectivity index (χ4n) is 9.36. The highest BCUT2D eigenvalue weighted by atomic mass is 16.5. The molecule has 0 fully saturated rings. The number of fused-ring (bicyclic) bond motifs is 13. The minimum atomic E-state index is -0.928. The zero-order chi connectivity index (χ0) is 50.1. The molecule has 4 aromatic carbocycles. The minimum Gasteiger partial charge on any atom is -0.494 e. The summed E-state index contributed by atoms with van der Waals surface area (Å²) in [5.41, 5.74) is 9.60. The number of hydrogen-bond donors (Lipinski definition) is 2. The monoisotopic (exact) mass is 970 g/mol. The van der Waals surface area contributed by atoms with E-state index in [9.17, 15) is 19.8 Å². The first-order valence-electron chi connectivity index (χ1n) is 24.5. The Morgan fingerprint density at radius 1 is 0.528 bits per heavy atom. The predicted octanol–water partition coefficient (Wildman–Crippen LogP) is 12.0. The molecular weight excluding hydrogens is 913 g/mol. The average Bonchev–Trinajstić information content (AvgIpc) is 4.16. The van der Waals surface area contributed by atoms with Crippen LogP contribution in [0.1, 0.15) is 64.8 Å². The first-order chi connectivity index (χ1) is 35.1. The van der Waals surface area contributed by atoms with Crippen molar-refractivity contribution in [3.63, 3.8) is 0 Å². The lowest BCUT2D eigenvalue weighted by atomic mass is 9.97. The van der Waals surface area contributed by atoms with Crippen molar-refractivity contribution in [2.45, 2.75) is 65.6 Å². The van der Waals surface area contributed by atoms with Crippen LogP contribution in [0.3, 0.4) is 0 Å².